The number of nitrogens with zero attached hydrogens (tertiary/aromatic N) is 2. The van der Waals surface area contributed by atoms with E-state index < -0.39 is 5.97 Å². The normalized spacial score (nSPS) is 26.2. The molecule has 3 unspecified atom stereocenters. The molecule has 1 aromatic heterocycles. The Kier molecular flexibility index (Phi) is 3.04. The van der Waals surface area contributed by atoms with Crippen LogP contribution in [0.15, 0.2) is 18.2 Å². The summed E-state index contributed by atoms with van der Waals surface area (Å²) in [5.41, 5.74) is 1.92. The summed E-state index contributed by atoms with van der Waals surface area (Å²) in [4.78, 5) is 16.1. The van der Waals surface area contributed by atoms with E-state index in [9.17, 15) is 9.90 Å². The molecule has 106 valence electrons. The van der Waals surface area contributed by atoms with Crippen molar-refractivity contribution in [3.63, 3.8) is 0 Å². The van der Waals surface area contributed by atoms with Crippen molar-refractivity contribution < 1.29 is 9.90 Å². The van der Waals surface area contributed by atoms with E-state index in [0.29, 0.717) is 23.4 Å². The van der Waals surface area contributed by atoms with Crippen LogP contribution in [0.3, 0.4) is 0 Å². The van der Waals surface area contributed by atoms with Gasteiger partial charge in [-0.3, -0.25) is 0 Å². The van der Waals surface area contributed by atoms with Gasteiger partial charge in [-0.05, 0) is 43.7 Å². The van der Waals surface area contributed by atoms with Crippen LogP contribution in [0.5, 0.6) is 0 Å². The molecule has 0 aliphatic heterocycles. The van der Waals surface area contributed by atoms with E-state index in [1.54, 1.807) is 12.1 Å². The van der Waals surface area contributed by atoms with E-state index in [-0.39, 0.29) is 0 Å². The zero-order valence-electron chi connectivity index (χ0n) is 12.1. The van der Waals surface area contributed by atoms with Gasteiger partial charge in [0.1, 0.15) is 5.82 Å². The molecule has 3 atom stereocenters. The van der Waals surface area contributed by atoms with Crippen LogP contribution in [0, 0.1) is 18.8 Å². The number of carboxylic acid groups (broad SMARTS) is 1. The molecule has 1 aliphatic rings. The van der Waals surface area contributed by atoms with E-state index in [2.05, 4.69) is 23.4 Å². The van der Waals surface area contributed by atoms with Crippen molar-refractivity contribution in [3.8, 4) is 0 Å². The summed E-state index contributed by atoms with van der Waals surface area (Å²) < 4.78 is 2.16. The Balaban J connectivity index is 2.25. The highest BCUT2D eigenvalue weighted by atomic mass is 16.4. The smallest absolute Gasteiger partial charge is 0.337 e. The fraction of sp³-hybridized carbons (Fsp3) is 0.500. The molecule has 0 radical (unpaired) electrons. The van der Waals surface area contributed by atoms with E-state index in [1.165, 1.54) is 6.42 Å². The number of carbonyl (C=O) groups is 1. The Bertz CT molecular complexity index is 674. The summed E-state index contributed by atoms with van der Waals surface area (Å²) in [7, 11) is 0. The maximum Gasteiger partial charge on any atom is 0.337 e. The molecule has 20 heavy (non-hydrogen) atoms. The fourth-order valence-corrected chi connectivity index (χ4v) is 3.55. The molecular formula is C16H20N2O2. The van der Waals surface area contributed by atoms with Crippen molar-refractivity contribution in [2.75, 3.05) is 0 Å². The lowest BCUT2D eigenvalue weighted by Crippen LogP contribution is -2.17. The number of rotatable bonds is 2. The van der Waals surface area contributed by atoms with Crippen LogP contribution in [0.4, 0.5) is 0 Å². The predicted octanol–water partition coefficient (Wildman–Crippen LogP) is 3.65. The predicted molar refractivity (Wildman–Crippen MR) is 78.0 cm³/mol. The van der Waals surface area contributed by atoms with Gasteiger partial charge in [0, 0.05) is 6.04 Å². The number of imidazole rings is 1. The Morgan fingerprint density at radius 2 is 2.10 bits per heavy atom. The first-order valence-electron chi connectivity index (χ1n) is 7.21. The number of aromatic nitrogens is 2. The Morgan fingerprint density at radius 3 is 2.70 bits per heavy atom. The number of benzene rings is 1. The van der Waals surface area contributed by atoms with E-state index in [4.69, 9.17) is 0 Å². The van der Waals surface area contributed by atoms with Crippen LogP contribution in [0.1, 0.15) is 48.9 Å². The van der Waals surface area contributed by atoms with Gasteiger partial charge in [0.25, 0.3) is 0 Å². The van der Waals surface area contributed by atoms with Crippen LogP contribution in [-0.4, -0.2) is 20.6 Å². The molecule has 1 saturated carbocycles. The third-order valence-corrected chi connectivity index (χ3v) is 4.87. The van der Waals surface area contributed by atoms with Gasteiger partial charge in [-0.25, -0.2) is 9.78 Å². The van der Waals surface area contributed by atoms with E-state index in [1.807, 2.05) is 13.0 Å². The van der Waals surface area contributed by atoms with E-state index >= 15 is 0 Å². The van der Waals surface area contributed by atoms with Gasteiger partial charge in [0.15, 0.2) is 0 Å². The van der Waals surface area contributed by atoms with Crippen LogP contribution in [0.2, 0.25) is 0 Å². The summed E-state index contributed by atoms with van der Waals surface area (Å²) >= 11 is 0. The highest BCUT2D eigenvalue weighted by Gasteiger charge is 2.33. The quantitative estimate of drug-likeness (QED) is 0.907. The summed E-state index contributed by atoms with van der Waals surface area (Å²) in [5.74, 6) is 1.26. The monoisotopic (exact) mass is 272 g/mol. The van der Waals surface area contributed by atoms with Crippen molar-refractivity contribution in [1.82, 2.24) is 9.55 Å². The van der Waals surface area contributed by atoms with Crippen LogP contribution >= 0.6 is 0 Å². The Morgan fingerprint density at radius 1 is 1.35 bits per heavy atom. The van der Waals surface area contributed by atoms with Gasteiger partial charge < -0.3 is 9.67 Å². The fourth-order valence-electron chi connectivity index (χ4n) is 3.55. The molecule has 4 heteroatoms. The topological polar surface area (TPSA) is 55.1 Å². The molecule has 2 aromatic rings. The standard InChI is InChI=1S/C16H20N2O2/c1-9-7-8-14(10(9)2)18-11(3)17-13-6-4-5-12(15(13)18)16(19)20/h4-6,9-10,14H,7-8H2,1-3H3,(H,19,20). The summed E-state index contributed by atoms with van der Waals surface area (Å²) in [6, 6.07) is 5.69. The van der Waals surface area contributed by atoms with Crippen molar-refractivity contribution in [2.45, 2.75) is 39.7 Å². The lowest BCUT2D eigenvalue weighted by atomic mass is 9.97. The Labute approximate surface area is 118 Å². The third-order valence-electron chi connectivity index (χ3n) is 4.87. The molecular weight excluding hydrogens is 252 g/mol. The van der Waals surface area contributed by atoms with Gasteiger partial charge in [0.2, 0.25) is 0 Å². The average Bonchev–Trinajstić information content (AvgIpc) is 2.89. The zero-order chi connectivity index (χ0) is 14.4. The average molecular weight is 272 g/mol. The largest absolute Gasteiger partial charge is 0.478 e. The van der Waals surface area contributed by atoms with Gasteiger partial charge in [0.05, 0.1) is 16.6 Å². The number of fused-ring (bicyclic) bond motifs is 1. The first-order valence-corrected chi connectivity index (χ1v) is 7.21. The van der Waals surface area contributed by atoms with Crippen molar-refractivity contribution in [3.05, 3.63) is 29.6 Å². The molecule has 4 nitrogen and oxygen atoms in total. The molecule has 0 bridgehead atoms. The van der Waals surface area contributed by atoms with Gasteiger partial charge in [-0.15, -0.1) is 0 Å². The lowest BCUT2D eigenvalue weighted by Gasteiger charge is -2.22. The molecule has 1 N–H and O–H groups in total. The number of hydrogen-bond acceptors (Lipinski definition) is 2. The van der Waals surface area contributed by atoms with Crippen LogP contribution in [-0.2, 0) is 0 Å². The van der Waals surface area contributed by atoms with Crippen LogP contribution in [0.25, 0.3) is 11.0 Å². The van der Waals surface area contributed by atoms with E-state index in [0.717, 1.165) is 23.3 Å². The minimum Gasteiger partial charge on any atom is -0.478 e. The minimum atomic E-state index is -0.879. The van der Waals surface area contributed by atoms with Gasteiger partial charge in [-0.2, -0.15) is 0 Å². The molecule has 1 aliphatic carbocycles. The molecule has 1 heterocycles. The number of hydrogen-bond donors (Lipinski definition) is 1. The number of aryl methyl sites for hydroxylation is 1. The van der Waals surface area contributed by atoms with Gasteiger partial charge in [-0.1, -0.05) is 19.9 Å². The van der Waals surface area contributed by atoms with Crippen LogP contribution < -0.4 is 0 Å². The molecule has 1 aromatic carbocycles. The summed E-state index contributed by atoms with van der Waals surface area (Å²) in [5, 5.41) is 9.44. The maximum absolute atomic E-state index is 11.5. The molecule has 1 fully saturated rings. The first-order chi connectivity index (χ1) is 9.50. The summed E-state index contributed by atoms with van der Waals surface area (Å²) in [6.45, 7) is 6.51. The second kappa shape index (κ2) is 4.62. The molecule has 0 amide bonds. The minimum absolute atomic E-state index is 0.356. The highest BCUT2D eigenvalue weighted by Crippen LogP contribution is 2.42. The third kappa shape index (κ3) is 1.82. The number of para-hydroxylation sites is 1. The Hall–Kier alpha value is -1.84. The number of carboxylic acids is 1. The highest BCUT2D eigenvalue weighted by molar-refractivity contribution is 6.01. The van der Waals surface area contributed by atoms with Gasteiger partial charge >= 0.3 is 5.97 Å². The molecule has 0 saturated heterocycles. The van der Waals surface area contributed by atoms with Crippen molar-refractivity contribution in [2.24, 2.45) is 11.8 Å². The first kappa shape index (κ1) is 13.2. The molecule has 0 spiro atoms. The summed E-state index contributed by atoms with van der Waals surface area (Å²) in [6.07, 6.45) is 2.29. The zero-order valence-corrected chi connectivity index (χ0v) is 12.1. The molecule has 3 rings (SSSR count). The van der Waals surface area contributed by atoms with Crippen molar-refractivity contribution in [1.29, 1.82) is 0 Å². The number of aromatic carboxylic acids is 1. The second-order valence-corrected chi connectivity index (χ2v) is 5.99. The van der Waals surface area contributed by atoms with Crippen molar-refractivity contribution >= 4 is 17.0 Å². The lowest BCUT2D eigenvalue weighted by molar-refractivity contribution is 0.0698. The SMILES string of the molecule is Cc1nc2cccc(C(=O)O)c2n1C1CCC(C)C1C. The maximum atomic E-state index is 11.5. The second-order valence-electron chi connectivity index (χ2n) is 5.99.